The quantitative estimate of drug-likeness (QED) is 0.382. The van der Waals surface area contributed by atoms with Crippen molar-refractivity contribution in [3.8, 4) is 5.75 Å². The topological polar surface area (TPSA) is 95.9 Å². The molecule has 2 unspecified atom stereocenters. The fraction of sp³-hybridized carbons (Fsp3) is 0.323. The molecule has 38 heavy (non-hydrogen) atoms. The monoisotopic (exact) mass is 514 g/mol. The molecule has 3 atom stereocenters. The van der Waals surface area contributed by atoms with E-state index >= 15 is 0 Å². The fourth-order valence-electron chi connectivity index (χ4n) is 5.30. The molecule has 1 fully saturated rings. The Morgan fingerprint density at radius 1 is 1.00 bits per heavy atom. The largest absolute Gasteiger partial charge is 0.508 e. The maximum atomic E-state index is 13.6. The third-order valence-corrected chi connectivity index (χ3v) is 7.09. The van der Waals surface area contributed by atoms with Crippen LogP contribution < -0.4 is 5.32 Å². The maximum absolute atomic E-state index is 13.6. The van der Waals surface area contributed by atoms with Gasteiger partial charge in [0.1, 0.15) is 11.8 Å². The van der Waals surface area contributed by atoms with Crippen LogP contribution in [0.4, 0.5) is 5.69 Å². The van der Waals surface area contributed by atoms with Crippen LogP contribution in [-0.4, -0.2) is 47.0 Å². The highest BCUT2D eigenvalue weighted by atomic mass is 16.5. The Morgan fingerprint density at radius 3 is 2.39 bits per heavy atom. The smallest absolute Gasteiger partial charge is 0.305 e. The highest BCUT2D eigenvalue weighted by Crippen LogP contribution is 2.36. The minimum Gasteiger partial charge on any atom is -0.508 e. The summed E-state index contributed by atoms with van der Waals surface area (Å²) >= 11 is 0. The molecule has 2 N–H and O–H groups in total. The maximum Gasteiger partial charge on any atom is 0.305 e. The van der Waals surface area contributed by atoms with Gasteiger partial charge >= 0.3 is 5.97 Å². The van der Waals surface area contributed by atoms with Crippen molar-refractivity contribution in [2.24, 2.45) is 0 Å². The number of phenolic OH excluding ortho intramolecular Hbond substituents is 1. The van der Waals surface area contributed by atoms with Crippen LogP contribution in [0.25, 0.3) is 0 Å². The lowest BCUT2D eigenvalue weighted by Gasteiger charge is -2.27. The Hall–Kier alpha value is -4.13. The number of nitrogens with one attached hydrogen (secondary N) is 1. The molecule has 198 valence electrons. The average Bonchev–Trinajstić information content (AvgIpc) is 3.36. The summed E-state index contributed by atoms with van der Waals surface area (Å²) in [5.41, 5.74) is 3.59. The highest BCUT2D eigenvalue weighted by molar-refractivity contribution is 5.98. The van der Waals surface area contributed by atoms with E-state index in [0.29, 0.717) is 31.7 Å². The standard InChI is InChI=1S/C31H34N2O5/c1-3-38-29(36)17-16-27(22-8-5-4-6-9-22)24-10-7-11-25(20-24)32-31(37)30-28(18-19-33(30)21(2)34)23-12-14-26(35)15-13-23/h4-15,20,27-28,30,35H,3,16-19H2,1-2H3,(H,32,37)/t27?,28?,30-/m1/s1. The van der Waals surface area contributed by atoms with Crippen molar-refractivity contribution < 1.29 is 24.2 Å². The number of nitrogens with zero attached hydrogens (tertiary/aromatic N) is 1. The molecule has 0 radical (unpaired) electrons. The number of carbonyl (C=O) groups is 3. The number of benzene rings is 3. The van der Waals surface area contributed by atoms with Crippen LogP contribution in [0.3, 0.4) is 0 Å². The zero-order chi connectivity index (χ0) is 27.1. The molecule has 2 amide bonds. The molecule has 0 saturated carbocycles. The summed E-state index contributed by atoms with van der Waals surface area (Å²) in [5.74, 6) is -0.710. The Bertz CT molecular complexity index is 1260. The van der Waals surface area contributed by atoms with Gasteiger partial charge in [-0.15, -0.1) is 0 Å². The van der Waals surface area contributed by atoms with Crippen LogP contribution in [0.1, 0.15) is 61.6 Å². The predicted molar refractivity (Wildman–Crippen MR) is 146 cm³/mol. The summed E-state index contributed by atoms with van der Waals surface area (Å²) in [5, 5.41) is 12.7. The molecule has 7 heteroatoms. The second kappa shape index (κ2) is 12.4. The number of carbonyl (C=O) groups excluding carboxylic acids is 3. The van der Waals surface area contributed by atoms with Crippen molar-refractivity contribution in [2.45, 2.75) is 51.0 Å². The molecule has 3 aromatic rings. The molecule has 3 aromatic carbocycles. The number of rotatable bonds is 9. The number of ether oxygens (including phenoxy) is 1. The van der Waals surface area contributed by atoms with Gasteiger partial charge in [0, 0.05) is 37.4 Å². The zero-order valence-electron chi connectivity index (χ0n) is 21.8. The zero-order valence-corrected chi connectivity index (χ0v) is 21.8. The molecule has 0 bridgehead atoms. The Labute approximate surface area is 223 Å². The number of hydrogen-bond acceptors (Lipinski definition) is 5. The number of esters is 1. The van der Waals surface area contributed by atoms with Gasteiger partial charge in [0.05, 0.1) is 6.61 Å². The Kier molecular flexibility index (Phi) is 8.79. The Morgan fingerprint density at radius 2 is 1.71 bits per heavy atom. The van der Waals surface area contributed by atoms with Crippen molar-refractivity contribution in [1.29, 1.82) is 0 Å². The molecule has 1 aliphatic heterocycles. The summed E-state index contributed by atoms with van der Waals surface area (Å²) in [6.07, 6.45) is 1.52. The van der Waals surface area contributed by atoms with Crippen LogP contribution in [-0.2, 0) is 19.1 Å². The SMILES string of the molecule is CCOC(=O)CCC(c1ccccc1)c1cccc(NC(=O)[C@H]2C(c3ccc(O)cc3)CCN2C(C)=O)c1. The van der Waals surface area contributed by atoms with E-state index in [9.17, 15) is 19.5 Å². The fourth-order valence-corrected chi connectivity index (χ4v) is 5.30. The second-order valence-corrected chi connectivity index (χ2v) is 9.57. The predicted octanol–water partition coefficient (Wildman–Crippen LogP) is 5.21. The van der Waals surface area contributed by atoms with Crippen molar-refractivity contribution >= 4 is 23.5 Å². The van der Waals surface area contributed by atoms with Crippen molar-refractivity contribution in [1.82, 2.24) is 4.90 Å². The van der Waals surface area contributed by atoms with Crippen LogP contribution in [0.15, 0.2) is 78.9 Å². The van der Waals surface area contributed by atoms with Gasteiger partial charge in [0.25, 0.3) is 0 Å². The van der Waals surface area contributed by atoms with Crippen molar-refractivity contribution in [2.75, 3.05) is 18.5 Å². The second-order valence-electron chi connectivity index (χ2n) is 9.57. The normalized spacial score (nSPS) is 17.6. The first kappa shape index (κ1) is 26.9. The number of anilines is 1. The molecule has 0 spiro atoms. The van der Waals surface area contributed by atoms with E-state index in [2.05, 4.69) is 5.32 Å². The van der Waals surface area contributed by atoms with Gasteiger partial charge in [-0.25, -0.2) is 0 Å². The first-order valence-corrected chi connectivity index (χ1v) is 13.0. The van der Waals surface area contributed by atoms with Gasteiger partial charge in [-0.05, 0) is 60.7 Å². The molecule has 0 aliphatic carbocycles. The van der Waals surface area contributed by atoms with E-state index in [-0.39, 0.29) is 41.8 Å². The summed E-state index contributed by atoms with van der Waals surface area (Å²) < 4.78 is 5.14. The van der Waals surface area contributed by atoms with Gasteiger partial charge in [-0.2, -0.15) is 0 Å². The van der Waals surface area contributed by atoms with Crippen LogP contribution in [0.5, 0.6) is 5.75 Å². The molecule has 7 nitrogen and oxygen atoms in total. The molecule has 1 saturated heterocycles. The van der Waals surface area contributed by atoms with Gasteiger partial charge in [0.15, 0.2) is 0 Å². The van der Waals surface area contributed by atoms with Gasteiger partial charge in [-0.1, -0.05) is 54.6 Å². The van der Waals surface area contributed by atoms with Gasteiger partial charge < -0.3 is 20.1 Å². The minimum absolute atomic E-state index is 0.0533. The van der Waals surface area contributed by atoms with E-state index < -0.39 is 6.04 Å². The summed E-state index contributed by atoms with van der Waals surface area (Å²) in [4.78, 5) is 39.7. The number of likely N-dealkylation sites (tertiary alicyclic amines) is 1. The summed E-state index contributed by atoms with van der Waals surface area (Å²) in [7, 11) is 0. The van der Waals surface area contributed by atoms with Crippen LogP contribution in [0, 0.1) is 0 Å². The molecule has 0 aromatic heterocycles. The number of hydrogen-bond donors (Lipinski definition) is 2. The van der Waals surface area contributed by atoms with Crippen LogP contribution >= 0.6 is 0 Å². The third-order valence-electron chi connectivity index (χ3n) is 7.09. The molecular weight excluding hydrogens is 480 g/mol. The number of amides is 2. The lowest BCUT2D eigenvalue weighted by molar-refractivity contribution is -0.143. The van der Waals surface area contributed by atoms with Crippen LogP contribution in [0.2, 0.25) is 0 Å². The van der Waals surface area contributed by atoms with E-state index in [0.717, 1.165) is 16.7 Å². The van der Waals surface area contributed by atoms with Crippen molar-refractivity contribution in [3.63, 3.8) is 0 Å². The molecular formula is C31H34N2O5. The minimum atomic E-state index is -0.658. The molecule has 1 aliphatic rings. The lowest BCUT2D eigenvalue weighted by Crippen LogP contribution is -2.44. The van der Waals surface area contributed by atoms with E-state index in [1.165, 1.54) is 6.92 Å². The number of phenols is 1. The highest BCUT2D eigenvalue weighted by Gasteiger charge is 2.41. The number of aromatic hydroxyl groups is 1. The first-order valence-electron chi connectivity index (χ1n) is 13.0. The summed E-state index contributed by atoms with van der Waals surface area (Å²) in [6, 6.07) is 23.8. The Balaban J connectivity index is 1.57. The summed E-state index contributed by atoms with van der Waals surface area (Å²) in [6.45, 7) is 4.11. The molecule has 1 heterocycles. The van der Waals surface area contributed by atoms with E-state index in [4.69, 9.17) is 4.74 Å². The average molecular weight is 515 g/mol. The van der Waals surface area contributed by atoms with Crippen molar-refractivity contribution in [3.05, 3.63) is 95.6 Å². The third kappa shape index (κ3) is 6.40. The molecule has 4 rings (SSSR count). The lowest BCUT2D eigenvalue weighted by atomic mass is 9.87. The van der Waals surface area contributed by atoms with E-state index in [1.807, 2.05) is 54.6 Å². The van der Waals surface area contributed by atoms with Gasteiger partial charge in [0.2, 0.25) is 11.8 Å². The first-order chi connectivity index (χ1) is 18.4. The van der Waals surface area contributed by atoms with E-state index in [1.54, 1.807) is 36.1 Å². The van der Waals surface area contributed by atoms with Gasteiger partial charge in [-0.3, -0.25) is 14.4 Å².